The maximum atomic E-state index is 12.9. The SMILES string of the molecule is O=C(CCc1ncc(-c2ccc(F)cc2)o1)Nc1ccc(Cl)c(Cl)c1. The third-order valence-corrected chi connectivity index (χ3v) is 4.19. The van der Waals surface area contributed by atoms with Crippen LogP contribution in [0.3, 0.4) is 0 Å². The number of nitrogens with zero attached hydrogens (tertiary/aromatic N) is 1. The molecule has 2 aromatic carbocycles. The Kier molecular flexibility index (Phi) is 5.36. The highest BCUT2D eigenvalue weighted by molar-refractivity contribution is 6.42. The molecule has 3 aromatic rings. The zero-order valence-corrected chi connectivity index (χ0v) is 14.4. The summed E-state index contributed by atoms with van der Waals surface area (Å²) >= 11 is 11.7. The highest BCUT2D eigenvalue weighted by Gasteiger charge is 2.10. The molecule has 7 heteroatoms. The molecule has 3 rings (SSSR count). The lowest BCUT2D eigenvalue weighted by Crippen LogP contribution is -2.12. The van der Waals surface area contributed by atoms with Gasteiger partial charge in [-0.2, -0.15) is 0 Å². The van der Waals surface area contributed by atoms with E-state index in [2.05, 4.69) is 10.3 Å². The smallest absolute Gasteiger partial charge is 0.224 e. The topological polar surface area (TPSA) is 55.1 Å². The fourth-order valence-electron chi connectivity index (χ4n) is 2.19. The van der Waals surface area contributed by atoms with Gasteiger partial charge in [0.05, 0.1) is 16.2 Å². The lowest BCUT2D eigenvalue weighted by molar-refractivity contribution is -0.116. The van der Waals surface area contributed by atoms with E-state index >= 15 is 0 Å². The van der Waals surface area contributed by atoms with Gasteiger partial charge < -0.3 is 9.73 Å². The van der Waals surface area contributed by atoms with E-state index < -0.39 is 0 Å². The zero-order valence-electron chi connectivity index (χ0n) is 12.9. The van der Waals surface area contributed by atoms with Gasteiger partial charge in [-0.3, -0.25) is 4.79 Å². The minimum Gasteiger partial charge on any atom is -0.441 e. The van der Waals surface area contributed by atoms with Crippen molar-refractivity contribution in [2.24, 2.45) is 0 Å². The first-order chi connectivity index (χ1) is 12.0. The number of anilines is 1. The summed E-state index contributed by atoms with van der Waals surface area (Å²) in [4.78, 5) is 16.1. The van der Waals surface area contributed by atoms with Crippen molar-refractivity contribution in [3.05, 3.63) is 70.4 Å². The lowest BCUT2D eigenvalue weighted by Gasteiger charge is -2.05. The molecule has 0 saturated carbocycles. The summed E-state index contributed by atoms with van der Waals surface area (Å²) < 4.78 is 18.5. The summed E-state index contributed by atoms with van der Waals surface area (Å²) in [6, 6.07) is 10.8. The van der Waals surface area contributed by atoms with Crippen molar-refractivity contribution in [2.45, 2.75) is 12.8 Å². The fraction of sp³-hybridized carbons (Fsp3) is 0.111. The Balaban J connectivity index is 1.57. The predicted molar refractivity (Wildman–Crippen MR) is 95.3 cm³/mol. The summed E-state index contributed by atoms with van der Waals surface area (Å²) in [6.07, 6.45) is 2.09. The summed E-state index contributed by atoms with van der Waals surface area (Å²) in [7, 11) is 0. The van der Waals surface area contributed by atoms with Gasteiger partial charge in [0, 0.05) is 24.1 Å². The summed E-state index contributed by atoms with van der Waals surface area (Å²) in [5, 5.41) is 3.53. The van der Waals surface area contributed by atoms with Crippen molar-refractivity contribution in [3.8, 4) is 11.3 Å². The molecule has 1 heterocycles. The van der Waals surface area contributed by atoms with Crippen LogP contribution in [0.15, 0.2) is 53.1 Å². The second-order valence-corrected chi connectivity index (χ2v) is 6.12. The average molecular weight is 379 g/mol. The molecule has 0 aliphatic heterocycles. The molecule has 0 aliphatic carbocycles. The largest absolute Gasteiger partial charge is 0.441 e. The second kappa shape index (κ2) is 7.68. The van der Waals surface area contributed by atoms with Gasteiger partial charge in [-0.05, 0) is 42.5 Å². The number of nitrogens with one attached hydrogen (secondary N) is 1. The first-order valence-corrected chi connectivity index (χ1v) is 8.22. The molecule has 4 nitrogen and oxygen atoms in total. The molecular weight excluding hydrogens is 366 g/mol. The van der Waals surface area contributed by atoms with Crippen LogP contribution in [0.2, 0.25) is 10.0 Å². The minimum atomic E-state index is -0.317. The molecule has 0 radical (unpaired) electrons. The number of rotatable bonds is 5. The van der Waals surface area contributed by atoms with E-state index in [1.807, 2.05) is 0 Å². The Morgan fingerprint density at radius 1 is 1.12 bits per heavy atom. The minimum absolute atomic E-state index is 0.195. The normalized spacial score (nSPS) is 10.7. The second-order valence-electron chi connectivity index (χ2n) is 5.30. The van der Waals surface area contributed by atoms with Crippen LogP contribution in [-0.2, 0) is 11.2 Å². The van der Waals surface area contributed by atoms with E-state index in [1.54, 1.807) is 36.5 Å². The van der Waals surface area contributed by atoms with Crippen LogP contribution in [0.1, 0.15) is 12.3 Å². The molecule has 128 valence electrons. The molecule has 0 aliphatic rings. The van der Waals surface area contributed by atoms with E-state index in [0.29, 0.717) is 33.8 Å². The summed E-state index contributed by atoms with van der Waals surface area (Å²) in [5.74, 6) is 0.450. The van der Waals surface area contributed by atoms with Crippen LogP contribution in [0.5, 0.6) is 0 Å². The van der Waals surface area contributed by atoms with Crippen molar-refractivity contribution >= 4 is 34.8 Å². The third-order valence-electron chi connectivity index (χ3n) is 3.45. The van der Waals surface area contributed by atoms with Gasteiger partial charge in [0.25, 0.3) is 0 Å². The highest BCUT2D eigenvalue weighted by atomic mass is 35.5. The number of amides is 1. The average Bonchev–Trinajstić information content (AvgIpc) is 3.06. The van der Waals surface area contributed by atoms with E-state index in [1.165, 1.54) is 12.1 Å². The Hall–Kier alpha value is -2.37. The first-order valence-electron chi connectivity index (χ1n) is 7.47. The van der Waals surface area contributed by atoms with Crippen LogP contribution in [0.4, 0.5) is 10.1 Å². The third kappa shape index (κ3) is 4.59. The van der Waals surface area contributed by atoms with E-state index in [9.17, 15) is 9.18 Å². The van der Waals surface area contributed by atoms with Gasteiger partial charge in [0.15, 0.2) is 11.7 Å². The molecule has 0 bridgehead atoms. The number of carbonyl (C=O) groups is 1. The van der Waals surface area contributed by atoms with Crippen molar-refractivity contribution in [3.63, 3.8) is 0 Å². The first kappa shape index (κ1) is 17.5. The Morgan fingerprint density at radius 3 is 2.60 bits per heavy atom. The van der Waals surface area contributed by atoms with Crippen LogP contribution >= 0.6 is 23.2 Å². The van der Waals surface area contributed by atoms with Crippen molar-refractivity contribution < 1.29 is 13.6 Å². The van der Waals surface area contributed by atoms with Gasteiger partial charge in [0.1, 0.15) is 5.82 Å². The van der Waals surface area contributed by atoms with Gasteiger partial charge in [-0.25, -0.2) is 9.37 Å². The standard InChI is InChI=1S/C18H13Cl2FN2O2/c19-14-6-5-13(9-15(14)20)23-17(24)7-8-18-22-10-16(25-18)11-1-3-12(21)4-2-11/h1-6,9-10H,7-8H2,(H,23,24). The van der Waals surface area contributed by atoms with E-state index in [4.69, 9.17) is 27.6 Å². The van der Waals surface area contributed by atoms with Gasteiger partial charge in [0.2, 0.25) is 5.91 Å². The molecule has 1 aromatic heterocycles. The Bertz CT molecular complexity index is 894. The van der Waals surface area contributed by atoms with Crippen molar-refractivity contribution in [2.75, 3.05) is 5.32 Å². The molecule has 25 heavy (non-hydrogen) atoms. The van der Waals surface area contributed by atoms with Gasteiger partial charge in [-0.1, -0.05) is 23.2 Å². The number of aryl methyl sites for hydroxylation is 1. The van der Waals surface area contributed by atoms with Gasteiger partial charge >= 0.3 is 0 Å². The lowest BCUT2D eigenvalue weighted by atomic mass is 10.2. The molecule has 0 saturated heterocycles. The molecule has 0 atom stereocenters. The number of hydrogen-bond acceptors (Lipinski definition) is 3. The van der Waals surface area contributed by atoms with Crippen LogP contribution in [-0.4, -0.2) is 10.9 Å². The quantitative estimate of drug-likeness (QED) is 0.650. The number of benzene rings is 2. The van der Waals surface area contributed by atoms with E-state index in [-0.39, 0.29) is 18.1 Å². The number of oxazole rings is 1. The molecule has 1 amide bonds. The predicted octanol–water partition coefficient (Wildman–Crippen LogP) is 5.36. The van der Waals surface area contributed by atoms with Gasteiger partial charge in [-0.15, -0.1) is 0 Å². The fourth-order valence-corrected chi connectivity index (χ4v) is 2.49. The monoisotopic (exact) mass is 378 g/mol. The molecular formula is C18H13Cl2FN2O2. The zero-order chi connectivity index (χ0) is 17.8. The summed E-state index contributed by atoms with van der Waals surface area (Å²) in [5.41, 5.74) is 1.29. The maximum Gasteiger partial charge on any atom is 0.224 e. The highest BCUT2D eigenvalue weighted by Crippen LogP contribution is 2.25. The maximum absolute atomic E-state index is 12.9. The molecule has 0 spiro atoms. The summed E-state index contributed by atoms with van der Waals surface area (Å²) in [6.45, 7) is 0. The molecule has 1 N–H and O–H groups in total. The number of carbonyl (C=O) groups excluding carboxylic acids is 1. The Labute approximate surface area is 153 Å². The molecule has 0 fully saturated rings. The van der Waals surface area contributed by atoms with Crippen LogP contribution in [0.25, 0.3) is 11.3 Å². The van der Waals surface area contributed by atoms with Crippen molar-refractivity contribution in [1.82, 2.24) is 4.98 Å². The van der Waals surface area contributed by atoms with Crippen LogP contribution in [0, 0.1) is 5.82 Å². The van der Waals surface area contributed by atoms with E-state index in [0.717, 1.165) is 5.56 Å². The number of halogens is 3. The number of hydrogen-bond donors (Lipinski definition) is 1. The van der Waals surface area contributed by atoms with Crippen molar-refractivity contribution in [1.29, 1.82) is 0 Å². The number of aromatic nitrogens is 1. The van der Waals surface area contributed by atoms with Crippen LogP contribution < -0.4 is 5.32 Å². The molecule has 0 unspecified atom stereocenters. The Morgan fingerprint density at radius 2 is 1.88 bits per heavy atom.